The van der Waals surface area contributed by atoms with Crippen molar-refractivity contribution in [2.45, 2.75) is 26.4 Å². The van der Waals surface area contributed by atoms with E-state index < -0.39 is 11.6 Å². The van der Waals surface area contributed by atoms with Crippen LogP contribution < -0.4 is 16.6 Å². The predicted octanol–water partition coefficient (Wildman–Crippen LogP) is 2.34. The lowest BCUT2D eigenvalue weighted by Gasteiger charge is -2.14. The van der Waals surface area contributed by atoms with Crippen LogP contribution in [0.25, 0.3) is 10.9 Å². The fourth-order valence-corrected chi connectivity index (χ4v) is 3.36. The topological polar surface area (TPSA) is 99.1 Å². The van der Waals surface area contributed by atoms with Crippen molar-refractivity contribution in [1.82, 2.24) is 14.3 Å². The zero-order chi connectivity index (χ0) is 21.1. The molecule has 0 aliphatic rings. The molecular formula is C22H20N4O4. The molecule has 0 aliphatic heterocycles. The number of benzene rings is 2. The van der Waals surface area contributed by atoms with Gasteiger partial charge in [0.1, 0.15) is 12.3 Å². The van der Waals surface area contributed by atoms with Crippen LogP contribution in [-0.2, 0) is 24.3 Å². The van der Waals surface area contributed by atoms with Crippen molar-refractivity contribution in [3.8, 4) is 0 Å². The van der Waals surface area contributed by atoms with Crippen LogP contribution in [0.3, 0.4) is 0 Å². The monoisotopic (exact) mass is 404 g/mol. The highest BCUT2D eigenvalue weighted by Crippen LogP contribution is 2.10. The molecule has 0 unspecified atom stereocenters. The fourth-order valence-electron chi connectivity index (χ4n) is 3.36. The van der Waals surface area contributed by atoms with E-state index in [4.69, 9.17) is 4.52 Å². The summed E-state index contributed by atoms with van der Waals surface area (Å²) >= 11 is 0. The summed E-state index contributed by atoms with van der Waals surface area (Å²) in [7, 11) is 0. The summed E-state index contributed by atoms with van der Waals surface area (Å²) in [6, 6.07) is 18.0. The maximum Gasteiger partial charge on any atom is 0.331 e. The third-order valence-electron chi connectivity index (χ3n) is 4.80. The van der Waals surface area contributed by atoms with Gasteiger partial charge in [-0.2, -0.15) is 0 Å². The number of aryl methyl sites for hydroxylation is 2. The molecule has 0 spiro atoms. The van der Waals surface area contributed by atoms with Gasteiger partial charge in [0.2, 0.25) is 5.91 Å². The second-order valence-corrected chi connectivity index (χ2v) is 6.95. The Balaban J connectivity index is 1.70. The van der Waals surface area contributed by atoms with Gasteiger partial charge in [-0.25, -0.2) is 4.79 Å². The molecule has 4 aromatic rings. The number of aromatic nitrogens is 3. The molecule has 2 aromatic carbocycles. The molecule has 0 aliphatic carbocycles. The van der Waals surface area contributed by atoms with Crippen molar-refractivity contribution in [3.05, 3.63) is 92.8 Å². The van der Waals surface area contributed by atoms with Gasteiger partial charge in [0.15, 0.2) is 5.82 Å². The van der Waals surface area contributed by atoms with E-state index in [1.165, 1.54) is 9.13 Å². The number of rotatable bonds is 6. The van der Waals surface area contributed by atoms with Crippen LogP contribution in [0.2, 0.25) is 0 Å². The number of nitrogens with one attached hydrogen (secondary N) is 1. The minimum Gasteiger partial charge on any atom is -0.360 e. The van der Waals surface area contributed by atoms with Crippen LogP contribution in [0.1, 0.15) is 11.3 Å². The summed E-state index contributed by atoms with van der Waals surface area (Å²) in [5.74, 6) is 0.387. The molecule has 0 bridgehead atoms. The van der Waals surface area contributed by atoms with Gasteiger partial charge in [-0.15, -0.1) is 0 Å². The Bertz CT molecular complexity index is 1320. The molecule has 2 heterocycles. The molecule has 0 fully saturated rings. The molecule has 1 N–H and O–H groups in total. The average molecular weight is 404 g/mol. The molecule has 0 saturated heterocycles. The van der Waals surface area contributed by atoms with E-state index in [1.54, 1.807) is 37.3 Å². The lowest BCUT2D eigenvalue weighted by atomic mass is 10.1. The summed E-state index contributed by atoms with van der Waals surface area (Å²) in [5.41, 5.74) is 0.536. The van der Waals surface area contributed by atoms with Crippen LogP contribution in [0, 0.1) is 6.92 Å². The minimum absolute atomic E-state index is 0.219. The van der Waals surface area contributed by atoms with Crippen molar-refractivity contribution in [2.75, 3.05) is 5.32 Å². The first-order valence-corrected chi connectivity index (χ1v) is 9.52. The SMILES string of the molecule is Cc1cc(NC(=O)Cn2c(=O)n(CCc3ccccc3)c(=O)c3ccccc32)no1. The highest BCUT2D eigenvalue weighted by Gasteiger charge is 2.16. The van der Waals surface area contributed by atoms with E-state index in [0.717, 1.165) is 5.56 Å². The van der Waals surface area contributed by atoms with Crippen LogP contribution in [0.4, 0.5) is 5.82 Å². The maximum absolute atomic E-state index is 13.1. The molecule has 0 atom stereocenters. The van der Waals surface area contributed by atoms with Gasteiger partial charge in [-0.3, -0.25) is 18.7 Å². The number of carbonyl (C=O) groups excluding carboxylic acids is 1. The van der Waals surface area contributed by atoms with Gasteiger partial charge in [0.05, 0.1) is 10.9 Å². The van der Waals surface area contributed by atoms with Crippen molar-refractivity contribution in [2.24, 2.45) is 0 Å². The molecule has 2 aromatic heterocycles. The van der Waals surface area contributed by atoms with E-state index in [-0.39, 0.29) is 24.5 Å². The smallest absolute Gasteiger partial charge is 0.331 e. The Morgan fingerprint density at radius 2 is 1.77 bits per heavy atom. The van der Waals surface area contributed by atoms with E-state index in [0.29, 0.717) is 23.1 Å². The van der Waals surface area contributed by atoms with Crippen molar-refractivity contribution < 1.29 is 9.32 Å². The second kappa shape index (κ2) is 8.20. The quantitative estimate of drug-likeness (QED) is 0.532. The fraction of sp³-hybridized carbons (Fsp3) is 0.182. The van der Waals surface area contributed by atoms with E-state index in [1.807, 2.05) is 30.3 Å². The van der Waals surface area contributed by atoms with Crippen molar-refractivity contribution in [1.29, 1.82) is 0 Å². The molecule has 8 nitrogen and oxygen atoms in total. The number of anilines is 1. The van der Waals surface area contributed by atoms with Gasteiger partial charge in [0, 0.05) is 12.6 Å². The number of fused-ring (bicyclic) bond motifs is 1. The highest BCUT2D eigenvalue weighted by atomic mass is 16.5. The van der Waals surface area contributed by atoms with Crippen LogP contribution >= 0.6 is 0 Å². The maximum atomic E-state index is 13.1. The van der Waals surface area contributed by atoms with Crippen molar-refractivity contribution in [3.63, 3.8) is 0 Å². The number of nitrogens with zero attached hydrogens (tertiary/aromatic N) is 3. The zero-order valence-electron chi connectivity index (χ0n) is 16.4. The molecule has 0 radical (unpaired) electrons. The Labute approximate surface area is 171 Å². The summed E-state index contributed by atoms with van der Waals surface area (Å²) in [6.07, 6.45) is 0.527. The summed E-state index contributed by atoms with van der Waals surface area (Å²) in [4.78, 5) is 38.6. The number of hydrogen-bond donors (Lipinski definition) is 1. The number of para-hydroxylation sites is 1. The normalized spacial score (nSPS) is 11.0. The molecule has 30 heavy (non-hydrogen) atoms. The van der Waals surface area contributed by atoms with E-state index in [2.05, 4.69) is 10.5 Å². The first-order valence-electron chi connectivity index (χ1n) is 9.52. The lowest BCUT2D eigenvalue weighted by Crippen LogP contribution is -2.42. The first kappa shape index (κ1) is 19.4. The Morgan fingerprint density at radius 1 is 1.03 bits per heavy atom. The van der Waals surface area contributed by atoms with E-state index in [9.17, 15) is 14.4 Å². The number of carbonyl (C=O) groups is 1. The summed E-state index contributed by atoms with van der Waals surface area (Å²) in [6.45, 7) is 1.68. The molecule has 152 valence electrons. The van der Waals surface area contributed by atoms with Gasteiger partial charge < -0.3 is 9.84 Å². The van der Waals surface area contributed by atoms with E-state index >= 15 is 0 Å². The third kappa shape index (κ3) is 3.93. The highest BCUT2D eigenvalue weighted by molar-refractivity contribution is 5.90. The Kier molecular flexibility index (Phi) is 5.30. The van der Waals surface area contributed by atoms with Gasteiger partial charge >= 0.3 is 5.69 Å². The molecule has 0 saturated carbocycles. The van der Waals surface area contributed by atoms with Crippen LogP contribution in [0.15, 0.2) is 74.8 Å². The Morgan fingerprint density at radius 3 is 2.50 bits per heavy atom. The molecule has 1 amide bonds. The van der Waals surface area contributed by atoms with Crippen LogP contribution in [-0.4, -0.2) is 20.2 Å². The minimum atomic E-state index is -0.527. The van der Waals surface area contributed by atoms with Crippen molar-refractivity contribution >= 4 is 22.6 Å². The largest absolute Gasteiger partial charge is 0.360 e. The lowest BCUT2D eigenvalue weighted by molar-refractivity contribution is -0.116. The summed E-state index contributed by atoms with van der Waals surface area (Å²) < 4.78 is 7.43. The first-order chi connectivity index (χ1) is 14.5. The van der Waals surface area contributed by atoms with Gasteiger partial charge in [0.25, 0.3) is 5.56 Å². The number of hydrogen-bond acceptors (Lipinski definition) is 5. The third-order valence-corrected chi connectivity index (χ3v) is 4.80. The molecule has 8 heteroatoms. The average Bonchev–Trinajstić information content (AvgIpc) is 3.16. The predicted molar refractivity (Wildman–Crippen MR) is 112 cm³/mol. The van der Waals surface area contributed by atoms with Gasteiger partial charge in [-0.05, 0) is 31.0 Å². The number of amides is 1. The van der Waals surface area contributed by atoms with Crippen LogP contribution in [0.5, 0.6) is 0 Å². The van der Waals surface area contributed by atoms with Gasteiger partial charge in [-0.1, -0.05) is 47.6 Å². The zero-order valence-corrected chi connectivity index (χ0v) is 16.4. The standard InChI is InChI=1S/C22H20N4O4/c1-15-13-19(24-30-15)23-20(27)14-26-18-10-6-5-9-17(18)21(28)25(22(26)29)12-11-16-7-3-2-4-8-16/h2-10,13H,11-12,14H2,1H3,(H,23,24,27). The summed E-state index contributed by atoms with van der Waals surface area (Å²) in [5, 5.41) is 6.72. The molecule has 4 rings (SSSR count). The molecular weight excluding hydrogens is 384 g/mol. The Hall–Kier alpha value is -3.94. The second-order valence-electron chi connectivity index (χ2n) is 6.95.